The molecule has 1 fully saturated rings. The molecule has 7 heteroatoms. The first-order valence-electron chi connectivity index (χ1n) is 4.81. The lowest BCUT2D eigenvalue weighted by atomic mass is 10.3. The predicted molar refractivity (Wildman–Crippen MR) is 67.3 cm³/mol. The van der Waals surface area contributed by atoms with E-state index in [4.69, 9.17) is 5.73 Å². The van der Waals surface area contributed by atoms with Crippen LogP contribution in [0, 0.1) is 0 Å². The number of rotatable bonds is 4. The van der Waals surface area contributed by atoms with Gasteiger partial charge in [0.25, 0.3) is 10.2 Å². The van der Waals surface area contributed by atoms with Crippen LogP contribution in [0.5, 0.6) is 0 Å². The second-order valence-electron chi connectivity index (χ2n) is 3.74. The van der Waals surface area contributed by atoms with Gasteiger partial charge < -0.3 is 5.73 Å². The maximum Gasteiger partial charge on any atom is 0.299 e. The molecule has 5 nitrogen and oxygen atoms in total. The normalized spacial score (nSPS) is 16.1. The predicted octanol–water partition coefficient (Wildman–Crippen LogP) is 1.44. The molecule has 1 aliphatic carbocycles. The second-order valence-corrected chi connectivity index (χ2v) is 6.04. The van der Waals surface area contributed by atoms with Crippen molar-refractivity contribution in [2.75, 3.05) is 10.5 Å². The van der Waals surface area contributed by atoms with Gasteiger partial charge in [-0.2, -0.15) is 13.1 Å². The van der Waals surface area contributed by atoms with Gasteiger partial charge in [0.2, 0.25) is 0 Å². The number of anilines is 2. The van der Waals surface area contributed by atoms with E-state index in [1.807, 2.05) is 0 Å². The lowest BCUT2D eigenvalue weighted by Crippen LogP contribution is -2.31. The fourth-order valence-electron chi connectivity index (χ4n) is 1.22. The van der Waals surface area contributed by atoms with Gasteiger partial charge in [-0.3, -0.25) is 4.72 Å². The Bertz CT molecular complexity index is 499. The lowest BCUT2D eigenvalue weighted by Gasteiger charge is -2.10. The maximum absolute atomic E-state index is 11.6. The first kappa shape index (κ1) is 11.7. The molecule has 0 amide bonds. The van der Waals surface area contributed by atoms with E-state index in [1.165, 1.54) is 0 Å². The quantitative estimate of drug-likeness (QED) is 0.736. The monoisotopic (exact) mass is 305 g/mol. The zero-order valence-electron chi connectivity index (χ0n) is 8.40. The molecule has 0 aromatic heterocycles. The molecule has 88 valence electrons. The third kappa shape index (κ3) is 3.10. The van der Waals surface area contributed by atoms with Crippen LogP contribution in [0.25, 0.3) is 0 Å². The van der Waals surface area contributed by atoms with Gasteiger partial charge in [-0.05, 0) is 47.0 Å². The number of benzene rings is 1. The minimum Gasteiger partial charge on any atom is -0.399 e. The van der Waals surface area contributed by atoms with Crippen LogP contribution in [0.3, 0.4) is 0 Å². The molecule has 4 N–H and O–H groups in total. The lowest BCUT2D eigenvalue weighted by molar-refractivity contribution is 0.586. The summed E-state index contributed by atoms with van der Waals surface area (Å²) >= 11 is 3.25. The standard InChI is InChI=1S/C9H12BrN3O2S/c10-8-4-1-6(11)5-9(8)13-16(14,15)12-7-2-3-7/h1,4-5,7,12-13H,2-3,11H2. The third-order valence-electron chi connectivity index (χ3n) is 2.13. The van der Waals surface area contributed by atoms with Crippen molar-refractivity contribution in [1.29, 1.82) is 0 Å². The Morgan fingerprint density at radius 1 is 1.38 bits per heavy atom. The highest BCUT2D eigenvalue weighted by Crippen LogP contribution is 2.26. The molecule has 16 heavy (non-hydrogen) atoms. The van der Waals surface area contributed by atoms with Gasteiger partial charge in [-0.15, -0.1) is 0 Å². The fourth-order valence-corrected chi connectivity index (χ4v) is 2.88. The number of hydrogen-bond donors (Lipinski definition) is 3. The summed E-state index contributed by atoms with van der Waals surface area (Å²) in [6.07, 6.45) is 1.80. The molecular formula is C9H12BrN3O2S. The topological polar surface area (TPSA) is 84.2 Å². The molecule has 0 aliphatic heterocycles. The first-order valence-corrected chi connectivity index (χ1v) is 7.09. The molecule has 0 atom stereocenters. The Morgan fingerprint density at radius 2 is 2.06 bits per heavy atom. The minimum absolute atomic E-state index is 0.0809. The fraction of sp³-hybridized carbons (Fsp3) is 0.333. The Balaban J connectivity index is 2.15. The van der Waals surface area contributed by atoms with Crippen molar-refractivity contribution in [2.45, 2.75) is 18.9 Å². The highest BCUT2D eigenvalue weighted by atomic mass is 79.9. The molecule has 0 radical (unpaired) electrons. The van der Waals surface area contributed by atoms with Crippen LogP contribution in [0.4, 0.5) is 11.4 Å². The van der Waals surface area contributed by atoms with Crippen LogP contribution in [-0.4, -0.2) is 14.5 Å². The van der Waals surface area contributed by atoms with Gasteiger partial charge in [-0.1, -0.05) is 0 Å². The molecule has 1 saturated carbocycles. The largest absolute Gasteiger partial charge is 0.399 e. The van der Waals surface area contributed by atoms with Crippen molar-refractivity contribution in [3.05, 3.63) is 22.7 Å². The van der Waals surface area contributed by atoms with Crippen molar-refractivity contribution >= 4 is 37.5 Å². The Morgan fingerprint density at radius 3 is 2.69 bits per heavy atom. The van der Waals surface area contributed by atoms with Crippen molar-refractivity contribution in [3.63, 3.8) is 0 Å². The summed E-state index contributed by atoms with van der Waals surface area (Å²) in [6.45, 7) is 0. The van der Waals surface area contributed by atoms with E-state index < -0.39 is 10.2 Å². The van der Waals surface area contributed by atoms with E-state index in [2.05, 4.69) is 25.4 Å². The van der Waals surface area contributed by atoms with Crippen LogP contribution in [0.2, 0.25) is 0 Å². The summed E-state index contributed by atoms with van der Waals surface area (Å²) in [5.41, 5.74) is 6.53. The second kappa shape index (κ2) is 4.23. The van der Waals surface area contributed by atoms with E-state index in [0.29, 0.717) is 15.8 Å². The molecule has 2 rings (SSSR count). The van der Waals surface area contributed by atoms with E-state index in [0.717, 1.165) is 12.8 Å². The number of hydrogen-bond acceptors (Lipinski definition) is 3. The summed E-state index contributed by atoms with van der Waals surface area (Å²) in [6, 6.07) is 5.04. The minimum atomic E-state index is -3.50. The number of halogens is 1. The summed E-state index contributed by atoms with van der Waals surface area (Å²) in [4.78, 5) is 0. The highest BCUT2D eigenvalue weighted by Gasteiger charge is 2.27. The molecule has 0 heterocycles. The summed E-state index contributed by atoms with van der Waals surface area (Å²) < 4.78 is 28.9. The molecule has 0 saturated heterocycles. The first-order chi connectivity index (χ1) is 7.46. The van der Waals surface area contributed by atoms with E-state index in [-0.39, 0.29) is 6.04 Å². The van der Waals surface area contributed by atoms with E-state index >= 15 is 0 Å². The van der Waals surface area contributed by atoms with Crippen LogP contribution >= 0.6 is 15.9 Å². The SMILES string of the molecule is Nc1ccc(Br)c(NS(=O)(=O)NC2CC2)c1. The number of nitrogens with two attached hydrogens (primary N) is 1. The van der Waals surface area contributed by atoms with Crippen molar-refractivity contribution in [2.24, 2.45) is 0 Å². The Hall–Kier alpha value is -0.790. The zero-order valence-corrected chi connectivity index (χ0v) is 10.8. The van der Waals surface area contributed by atoms with E-state index in [9.17, 15) is 8.42 Å². The van der Waals surface area contributed by atoms with Gasteiger partial charge in [0.05, 0.1) is 5.69 Å². The van der Waals surface area contributed by atoms with Crippen molar-refractivity contribution in [1.82, 2.24) is 4.72 Å². The number of nitrogens with one attached hydrogen (secondary N) is 2. The smallest absolute Gasteiger partial charge is 0.299 e. The third-order valence-corrected chi connectivity index (χ3v) is 3.96. The van der Waals surface area contributed by atoms with Crippen LogP contribution in [0.1, 0.15) is 12.8 Å². The summed E-state index contributed by atoms with van der Waals surface area (Å²) in [7, 11) is -3.50. The van der Waals surface area contributed by atoms with E-state index in [1.54, 1.807) is 18.2 Å². The van der Waals surface area contributed by atoms with Crippen LogP contribution in [0.15, 0.2) is 22.7 Å². The van der Waals surface area contributed by atoms with Gasteiger partial charge in [0.1, 0.15) is 0 Å². The van der Waals surface area contributed by atoms with Gasteiger partial charge in [0, 0.05) is 16.2 Å². The van der Waals surface area contributed by atoms with Gasteiger partial charge >= 0.3 is 0 Å². The van der Waals surface area contributed by atoms with Crippen LogP contribution in [-0.2, 0) is 10.2 Å². The molecule has 1 aromatic rings. The zero-order chi connectivity index (χ0) is 11.8. The molecule has 0 spiro atoms. The molecular weight excluding hydrogens is 294 g/mol. The summed E-state index contributed by atoms with van der Waals surface area (Å²) in [5.74, 6) is 0. The maximum atomic E-state index is 11.6. The van der Waals surface area contributed by atoms with Gasteiger partial charge in [0.15, 0.2) is 0 Å². The van der Waals surface area contributed by atoms with Crippen LogP contribution < -0.4 is 15.2 Å². The molecule has 0 bridgehead atoms. The van der Waals surface area contributed by atoms with Gasteiger partial charge in [-0.25, -0.2) is 0 Å². The van der Waals surface area contributed by atoms with Crippen molar-refractivity contribution in [3.8, 4) is 0 Å². The average Bonchev–Trinajstić information content (AvgIpc) is 2.94. The number of nitrogen functional groups attached to an aromatic ring is 1. The average molecular weight is 306 g/mol. The Kier molecular flexibility index (Phi) is 3.09. The van der Waals surface area contributed by atoms with Crippen molar-refractivity contribution < 1.29 is 8.42 Å². The molecule has 0 unspecified atom stereocenters. The summed E-state index contributed by atoms with van der Waals surface area (Å²) in [5, 5.41) is 0. The molecule has 1 aromatic carbocycles. The molecule has 1 aliphatic rings. The Labute approximate surface area is 103 Å². The highest BCUT2D eigenvalue weighted by molar-refractivity contribution is 9.10.